The van der Waals surface area contributed by atoms with Crippen molar-refractivity contribution in [3.63, 3.8) is 0 Å². The molecule has 1 aliphatic carbocycles. The van der Waals surface area contributed by atoms with Gasteiger partial charge in [0, 0.05) is 30.0 Å². The van der Waals surface area contributed by atoms with Crippen LogP contribution in [-0.2, 0) is 0 Å². The Morgan fingerprint density at radius 1 is 1.24 bits per heavy atom. The van der Waals surface area contributed by atoms with Gasteiger partial charge in [-0.1, -0.05) is 11.2 Å². The molecule has 2 aromatic heterocycles. The molecule has 2 fully saturated rings. The molecule has 2 aromatic rings. The molecule has 1 amide bonds. The number of hydrogen-bond donors (Lipinski definition) is 0. The van der Waals surface area contributed by atoms with Gasteiger partial charge in [0.2, 0.25) is 0 Å². The zero-order chi connectivity index (χ0) is 14.2. The lowest BCUT2D eigenvalue weighted by Crippen LogP contribution is -2.37. The first kappa shape index (κ1) is 13.1. The number of likely N-dealkylation sites (tertiary alicyclic amines) is 1. The predicted octanol–water partition coefficient (Wildman–Crippen LogP) is 3.63. The smallest absolute Gasteiger partial charge is 0.276 e. The molecule has 5 heteroatoms. The van der Waals surface area contributed by atoms with E-state index in [-0.39, 0.29) is 5.91 Å². The minimum atomic E-state index is 0.0234. The van der Waals surface area contributed by atoms with E-state index in [2.05, 4.69) is 22.7 Å². The van der Waals surface area contributed by atoms with Crippen LogP contribution >= 0.6 is 11.3 Å². The van der Waals surface area contributed by atoms with E-state index in [4.69, 9.17) is 4.52 Å². The van der Waals surface area contributed by atoms with Crippen LogP contribution in [0.2, 0.25) is 0 Å². The molecule has 1 saturated carbocycles. The maximum absolute atomic E-state index is 12.5. The van der Waals surface area contributed by atoms with Crippen LogP contribution in [0.15, 0.2) is 28.1 Å². The maximum Gasteiger partial charge on any atom is 0.276 e. The second-order valence-corrected chi connectivity index (χ2v) is 6.95. The Labute approximate surface area is 127 Å². The number of rotatable bonds is 3. The van der Waals surface area contributed by atoms with Gasteiger partial charge in [-0.2, -0.15) is 0 Å². The predicted molar refractivity (Wildman–Crippen MR) is 80.7 cm³/mol. The fourth-order valence-electron chi connectivity index (χ4n) is 3.00. The highest BCUT2D eigenvalue weighted by atomic mass is 32.1. The lowest BCUT2D eigenvalue weighted by Gasteiger charge is -2.31. The van der Waals surface area contributed by atoms with E-state index in [1.807, 2.05) is 22.3 Å². The molecule has 4 rings (SSSR count). The Kier molecular flexibility index (Phi) is 3.30. The summed E-state index contributed by atoms with van der Waals surface area (Å²) in [6.45, 7) is 1.63. The monoisotopic (exact) mass is 302 g/mol. The summed E-state index contributed by atoms with van der Waals surface area (Å²) in [5.41, 5.74) is 0.478. The van der Waals surface area contributed by atoms with Gasteiger partial charge < -0.3 is 9.42 Å². The molecule has 0 atom stereocenters. The Hall–Kier alpha value is -1.62. The summed E-state index contributed by atoms with van der Waals surface area (Å²) in [4.78, 5) is 15.8. The molecule has 1 saturated heterocycles. The highest BCUT2D eigenvalue weighted by molar-refractivity contribution is 7.10. The molecule has 110 valence electrons. The van der Waals surface area contributed by atoms with Crippen LogP contribution < -0.4 is 0 Å². The Bertz CT molecular complexity index is 623. The van der Waals surface area contributed by atoms with E-state index in [0.717, 1.165) is 44.5 Å². The number of amides is 1. The Morgan fingerprint density at radius 2 is 2.05 bits per heavy atom. The number of aromatic nitrogens is 1. The first-order valence-corrected chi connectivity index (χ1v) is 8.48. The van der Waals surface area contributed by atoms with E-state index in [0.29, 0.717) is 17.5 Å². The van der Waals surface area contributed by atoms with E-state index in [1.54, 1.807) is 0 Å². The molecule has 3 heterocycles. The van der Waals surface area contributed by atoms with Crippen molar-refractivity contribution in [1.82, 2.24) is 10.1 Å². The van der Waals surface area contributed by atoms with E-state index >= 15 is 0 Å². The van der Waals surface area contributed by atoms with Gasteiger partial charge in [0.05, 0.1) is 0 Å². The molecule has 0 N–H and O–H groups in total. The van der Waals surface area contributed by atoms with Crippen LogP contribution in [0.1, 0.15) is 58.6 Å². The first-order valence-electron chi connectivity index (χ1n) is 7.60. The summed E-state index contributed by atoms with van der Waals surface area (Å²) < 4.78 is 5.28. The third kappa shape index (κ3) is 2.62. The van der Waals surface area contributed by atoms with Crippen LogP contribution in [0.5, 0.6) is 0 Å². The van der Waals surface area contributed by atoms with E-state index < -0.39 is 0 Å². The van der Waals surface area contributed by atoms with Crippen molar-refractivity contribution in [2.75, 3.05) is 13.1 Å². The van der Waals surface area contributed by atoms with Gasteiger partial charge in [-0.05, 0) is 43.0 Å². The average Bonchev–Trinajstić information content (AvgIpc) is 3.05. The molecule has 0 spiro atoms. The summed E-state index contributed by atoms with van der Waals surface area (Å²) in [6, 6.07) is 6.14. The number of nitrogens with zero attached hydrogens (tertiary/aromatic N) is 2. The number of hydrogen-bond acceptors (Lipinski definition) is 4. The van der Waals surface area contributed by atoms with Crippen LogP contribution in [0, 0.1) is 0 Å². The van der Waals surface area contributed by atoms with Crippen molar-refractivity contribution in [2.45, 2.75) is 37.5 Å². The fraction of sp³-hybridized carbons (Fsp3) is 0.500. The number of thiophene rings is 1. The van der Waals surface area contributed by atoms with Gasteiger partial charge in [-0.25, -0.2) is 0 Å². The second kappa shape index (κ2) is 5.30. The lowest BCUT2D eigenvalue weighted by atomic mass is 9.95. The summed E-state index contributed by atoms with van der Waals surface area (Å²) in [7, 11) is 0. The Balaban J connectivity index is 1.39. The molecular formula is C16H18N2O2S. The van der Waals surface area contributed by atoms with Crippen molar-refractivity contribution in [2.24, 2.45) is 0 Å². The number of piperidine rings is 1. The molecule has 2 aliphatic rings. The summed E-state index contributed by atoms with van der Waals surface area (Å²) in [5.74, 6) is 2.01. The highest BCUT2D eigenvalue weighted by Gasteiger charge is 2.31. The van der Waals surface area contributed by atoms with Gasteiger partial charge in [0.25, 0.3) is 5.91 Å². The van der Waals surface area contributed by atoms with Crippen molar-refractivity contribution in [3.05, 3.63) is 39.9 Å². The third-order valence-electron chi connectivity index (χ3n) is 4.45. The van der Waals surface area contributed by atoms with Crippen molar-refractivity contribution < 1.29 is 9.32 Å². The minimum absolute atomic E-state index is 0.0234. The minimum Gasteiger partial charge on any atom is -0.360 e. The second-order valence-electron chi connectivity index (χ2n) is 5.97. The van der Waals surface area contributed by atoms with Crippen LogP contribution in [0.4, 0.5) is 0 Å². The van der Waals surface area contributed by atoms with Crippen molar-refractivity contribution in [3.8, 4) is 0 Å². The highest BCUT2D eigenvalue weighted by Crippen LogP contribution is 2.40. The molecule has 0 aromatic carbocycles. The zero-order valence-corrected chi connectivity index (χ0v) is 12.6. The van der Waals surface area contributed by atoms with Gasteiger partial charge >= 0.3 is 0 Å². The summed E-state index contributed by atoms with van der Waals surface area (Å²) in [6.07, 6.45) is 4.41. The van der Waals surface area contributed by atoms with Gasteiger partial charge in [-0.3, -0.25) is 4.79 Å². The quantitative estimate of drug-likeness (QED) is 0.869. The van der Waals surface area contributed by atoms with E-state index in [9.17, 15) is 4.79 Å². The lowest BCUT2D eigenvalue weighted by molar-refractivity contribution is 0.0703. The van der Waals surface area contributed by atoms with Gasteiger partial charge in [0.15, 0.2) is 5.69 Å². The van der Waals surface area contributed by atoms with Crippen molar-refractivity contribution >= 4 is 17.2 Å². The molecule has 0 radical (unpaired) electrons. The fourth-order valence-corrected chi connectivity index (χ4v) is 3.90. The number of carbonyl (C=O) groups is 1. The molecule has 0 unspecified atom stereocenters. The summed E-state index contributed by atoms with van der Waals surface area (Å²) >= 11 is 1.82. The molecule has 1 aliphatic heterocycles. The average molecular weight is 302 g/mol. The van der Waals surface area contributed by atoms with Crippen molar-refractivity contribution in [1.29, 1.82) is 0 Å². The molecule has 21 heavy (non-hydrogen) atoms. The van der Waals surface area contributed by atoms with Crippen LogP contribution in [0.3, 0.4) is 0 Å². The van der Waals surface area contributed by atoms with Crippen LogP contribution in [0.25, 0.3) is 0 Å². The van der Waals surface area contributed by atoms with E-state index in [1.165, 1.54) is 4.88 Å². The largest absolute Gasteiger partial charge is 0.360 e. The molecule has 4 nitrogen and oxygen atoms in total. The third-order valence-corrected chi connectivity index (χ3v) is 5.49. The zero-order valence-electron chi connectivity index (χ0n) is 11.8. The summed E-state index contributed by atoms with van der Waals surface area (Å²) in [5, 5.41) is 6.08. The maximum atomic E-state index is 12.5. The van der Waals surface area contributed by atoms with Gasteiger partial charge in [0.1, 0.15) is 5.76 Å². The topological polar surface area (TPSA) is 46.3 Å². The normalized spacial score (nSPS) is 19.9. The SMILES string of the molecule is O=C(c1cc(C2CC2)on1)N1CCC(c2cccs2)CC1. The standard InChI is InChI=1S/C16H18N2O2S/c19-16(13-10-14(20-17-13)11-3-4-11)18-7-5-12(6-8-18)15-2-1-9-21-15/h1-2,9-12H,3-8H2. The molecular weight excluding hydrogens is 284 g/mol. The molecule has 0 bridgehead atoms. The Morgan fingerprint density at radius 3 is 2.71 bits per heavy atom. The number of carbonyl (C=O) groups excluding carboxylic acids is 1. The van der Waals surface area contributed by atoms with Gasteiger partial charge in [-0.15, -0.1) is 11.3 Å². The van der Waals surface area contributed by atoms with Crippen LogP contribution in [-0.4, -0.2) is 29.1 Å². The first-order chi connectivity index (χ1) is 10.3.